The summed E-state index contributed by atoms with van der Waals surface area (Å²) in [6.45, 7) is 1.55. The Morgan fingerprint density at radius 1 is 1.53 bits per heavy atom. The van der Waals surface area contributed by atoms with Crippen molar-refractivity contribution in [3.8, 4) is 0 Å². The van der Waals surface area contributed by atoms with E-state index in [0.717, 1.165) is 30.6 Å². The molecule has 1 fully saturated rings. The highest BCUT2D eigenvalue weighted by atomic mass is 32.1. The first-order chi connectivity index (χ1) is 8.21. The van der Waals surface area contributed by atoms with Crippen molar-refractivity contribution in [3.63, 3.8) is 0 Å². The molecule has 17 heavy (non-hydrogen) atoms. The summed E-state index contributed by atoms with van der Waals surface area (Å²) in [4.78, 5) is 12.7. The van der Waals surface area contributed by atoms with Crippen LogP contribution in [0, 0.1) is 0 Å². The van der Waals surface area contributed by atoms with Crippen LogP contribution >= 0.6 is 11.3 Å². The number of ether oxygens (including phenoxy) is 1. The average molecular weight is 250 g/mol. The summed E-state index contributed by atoms with van der Waals surface area (Å²) < 4.78 is 5.99. The first-order valence-electron chi connectivity index (χ1n) is 5.84. The molecule has 0 bridgehead atoms. The molecule has 1 saturated carbocycles. The standard InChI is InChI=1S/C12H14N2O2S/c1-9(15)14-12(6-2-3-7-12)16-11(13-14)10-5-4-8-17-10/h4-5,8H,2-3,6-7H2,1H3. The summed E-state index contributed by atoms with van der Waals surface area (Å²) >= 11 is 1.58. The number of nitrogens with zero attached hydrogens (tertiary/aromatic N) is 2. The highest BCUT2D eigenvalue weighted by Crippen LogP contribution is 2.41. The van der Waals surface area contributed by atoms with E-state index in [4.69, 9.17) is 4.74 Å². The van der Waals surface area contributed by atoms with Crippen LogP contribution < -0.4 is 0 Å². The lowest BCUT2D eigenvalue weighted by Gasteiger charge is -2.29. The third-order valence-electron chi connectivity index (χ3n) is 3.28. The van der Waals surface area contributed by atoms with E-state index in [1.165, 1.54) is 5.01 Å². The summed E-state index contributed by atoms with van der Waals surface area (Å²) in [6, 6.07) is 3.93. The van der Waals surface area contributed by atoms with Gasteiger partial charge in [-0.25, -0.2) is 0 Å². The topological polar surface area (TPSA) is 41.9 Å². The number of hydrogen-bond acceptors (Lipinski definition) is 4. The van der Waals surface area contributed by atoms with Crippen LogP contribution in [0.2, 0.25) is 0 Å². The zero-order valence-electron chi connectivity index (χ0n) is 9.68. The summed E-state index contributed by atoms with van der Waals surface area (Å²) in [5.74, 6) is 0.551. The second-order valence-corrected chi connectivity index (χ2v) is 5.42. The molecule has 2 heterocycles. The number of hydrazone groups is 1. The van der Waals surface area contributed by atoms with E-state index in [1.54, 1.807) is 18.3 Å². The maximum Gasteiger partial charge on any atom is 0.251 e. The van der Waals surface area contributed by atoms with E-state index >= 15 is 0 Å². The average Bonchev–Trinajstić information content (AvgIpc) is 3.00. The zero-order chi connectivity index (χ0) is 11.9. The van der Waals surface area contributed by atoms with Gasteiger partial charge in [-0.2, -0.15) is 5.01 Å². The van der Waals surface area contributed by atoms with Gasteiger partial charge in [0.05, 0.1) is 4.88 Å². The smallest absolute Gasteiger partial charge is 0.251 e. The molecule has 2 aliphatic rings. The molecule has 0 atom stereocenters. The fourth-order valence-electron chi connectivity index (χ4n) is 2.52. The first-order valence-corrected chi connectivity index (χ1v) is 6.72. The minimum atomic E-state index is -0.495. The number of thiophene rings is 1. The van der Waals surface area contributed by atoms with Gasteiger partial charge in [0.1, 0.15) is 0 Å². The number of rotatable bonds is 1. The molecule has 1 amide bonds. The van der Waals surface area contributed by atoms with Crippen LogP contribution in [0.1, 0.15) is 37.5 Å². The number of amides is 1. The molecule has 5 heteroatoms. The molecular weight excluding hydrogens is 236 g/mol. The third-order valence-corrected chi connectivity index (χ3v) is 4.14. The van der Waals surface area contributed by atoms with Crippen molar-refractivity contribution in [2.45, 2.75) is 38.3 Å². The Bertz CT molecular complexity index is 461. The molecule has 3 rings (SSSR count). The molecule has 1 aliphatic heterocycles. The second kappa shape index (κ2) is 3.84. The monoisotopic (exact) mass is 250 g/mol. The molecule has 1 aromatic heterocycles. The van der Waals surface area contributed by atoms with Gasteiger partial charge in [0.2, 0.25) is 11.6 Å². The van der Waals surface area contributed by atoms with E-state index in [2.05, 4.69) is 5.10 Å². The van der Waals surface area contributed by atoms with E-state index < -0.39 is 5.72 Å². The maximum absolute atomic E-state index is 11.7. The summed E-state index contributed by atoms with van der Waals surface area (Å²) in [5.41, 5.74) is -0.495. The lowest BCUT2D eigenvalue weighted by molar-refractivity contribution is -0.146. The van der Waals surface area contributed by atoms with Gasteiger partial charge in [0, 0.05) is 19.8 Å². The normalized spacial score (nSPS) is 21.7. The van der Waals surface area contributed by atoms with Gasteiger partial charge in [0.15, 0.2) is 0 Å². The van der Waals surface area contributed by atoms with Gasteiger partial charge < -0.3 is 4.74 Å². The second-order valence-electron chi connectivity index (χ2n) is 4.47. The van der Waals surface area contributed by atoms with Crippen molar-refractivity contribution in [2.75, 3.05) is 0 Å². The highest BCUT2D eigenvalue weighted by Gasteiger charge is 2.49. The zero-order valence-corrected chi connectivity index (χ0v) is 10.5. The van der Waals surface area contributed by atoms with Crippen LogP contribution in [0.25, 0.3) is 0 Å². The fraction of sp³-hybridized carbons (Fsp3) is 0.500. The third kappa shape index (κ3) is 1.65. The van der Waals surface area contributed by atoms with Gasteiger partial charge in [-0.05, 0) is 24.3 Å². The van der Waals surface area contributed by atoms with Gasteiger partial charge >= 0.3 is 0 Å². The van der Waals surface area contributed by atoms with Crippen molar-refractivity contribution in [2.24, 2.45) is 5.10 Å². The largest absolute Gasteiger partial charge is 0.447 e. The van der Waals surface area contributed by atoms with Gasteiger partial charge in [-0.3, -0.25) is 4.79 Å². The molecule has 0 radical (unpaired) electrons. The Morgan fingerprint density at radius 3 is 2.88 bits per heavy atom. The van der Waals surface area contributed by atoms with E-state index in [0.29, 0.717) is 5.90 Å². The van der Waals surface area contributed by atoms with Crippen LogP contribution in [-0.2, 0) is 9.53 Å². The Morgan fingerprint density at radius 2 is 2.29 bits per heavy atom. The first kappa shape index (κ1) is 10.8. The van der Waals surface area contributed by atoms with E-state index in [-0.39, 0.29) is 5.91 Å². The maximum atomic E-state index is 11.7. The molecule has 1 aromatic rings. The quantitative estimate of drug-likeness (QED) is 0.768. The molecule has 1 spiro atoms. The predicted molar refractivity (Wildman–Crippen MR) is 65.7 cm³/mol. The van der Waals surface area contributed by atoms with Crippen LogP contribution in [0.5, 0.6) is 0 Å². The van der Waals surface area contributed by atoms with E-state index in [9.17, 15) is 4.79 Å². The molecule has 0 N–H and O–H groups in total. The molecule has 0 unspecified atom stereocenters. The van der Waals surface area contributed by atoms with Gasteiger partial charge in [-0.15, -0.1) is 16.4 Å². The van der Waals surface area contributed by atoms with Gasteiger partial charge in [-0.1, -0.05) is 6.07 Å². The predicted octanol–water partition coefficient (Wildman–Crippen LogP) is 2.56. The van der Waals surface area contributed by atoms with Crippen LogP contribution in [0.4, 0.5) is 0 Å². The Kier molecular flexibility index (Phi) is 2.43. The summed E-state index contributed by atoms with van der Waals surface area (Å²) in [6.07, 6.45) is 3.95. The molecule has 4 nitrogen and oxygen atoms in total. The van der Waals surface area contributed by atoms with Crippen LogP contribution in [0.3, 0.4) is 0 Å². The Labute approximate surface area is 104 Å². The minimum absolute atomic E-state index is 0.0431. The number of carbonyl (C=O) groups excluding carboxylic acids is 1. The molecule has 1 aliphatic carbocycles. The summed E-state index contributed by atoms with van der Waals surface area (Å²) in [5, 5.41) is 7.88. The Hall–Kier alpha value is -1.36. The highest BCUT2D eigenvalue weighted by molar-refractivity contribution is 7.12. The fourth-order valence-corrected chi connectivity index (χ4v) is 3.17. The van der Waals surface area contributed by atoms with Crippen molar-refractivity contribution in [1.82, 2.24) is 5.01 Å². The lowest BCUT2D eigenvalue weighted by atomic mass is 10.1. The molecule has 90 valence electrons. The van der Waals surface area contributed by atoms with Crippen molar-refractivity contribution >= 4 is 23.1 Å². The molecular formula is C12H14N2O2S. The van der Waals surface area contributed by atoms with Crippen molar-refractivity contribution in [1.29, 1.82) is 0 Å². The van der Waals surface area contributed by atoms with Crippen LogP contribution in [0.15, 0.2) is 22.6 Å². The van der Waals surface area contributed by atoms with E-state index in [1.807, 2.05) is 17.5 Å². The molecule has 0 aromatic carbocycles. The molecule has 0 saturated heterocycles. The number of carbonyl (C=O) groups is 1. The van der Waals surface area contributed by atoms with Gasteiger partial charge in [0.25, 0.3) is 5.90 Å². The minimum Gasteiger partial charge on any atom is -0.447 e. The SMILES string of the molecule is CC(=O)N1N=C(c2cccs2)OC12CCCC2. The number of hydrogen-bond donors (Lipinski definition) is 0. The lowest BCUT2D eigenvalue weighted by Crippen LogP contribution is -2.44. The van der Waals surface area contributed by atoms with Crippen LogP contribution in [-0.4, -0.2) is 22.5 Å². The van der Waals surface area contributed by atoms with Crippen molar-refractivity contribution < 1.29 is 9.53 Å². The Balaban J connectivity index is 1.95. The van der Waals surface area contributed by atoms with Crippen molar-refractivity contribution in [3.05, 3.63) is 22.4 Å². The summed E-state index contributed by atoms with van der Waals surface area (Å²) in [7, 11) is 0.